The summed E-state index contributed by atoms with van der Waals surface area (Å²) in [6.07, 6.45) is 2.99. The minimum absolute atomic E-state index is 0.0787. The second kappa shape index (κ2) is 11.2. The van der Waals surface area contributed by atoms with Gasteiger partial charge in [-0.05, 0) is 57.4 Å². The van der Waals surface area contributed by atoms with Crippen molar-refractivity contribution in [1.82, 2.24) is 14.5 Å². The number of hydrogen-bond acceptors (Lipinski definition) is 4. The lowest BCUT2D eigenvalue weighted by Gasteiger charge is -2.31. The average molecular weight is 450 g/mol. The van der Waals surface area contributed by atoms with Gasteiger partial charge in [-0.3, -0.25) is 14.2 Å². The lowest BCUT2D eigenvalue weighted by Crippen LogP contribution is -2.38. The van der Waals surface area contributed by atoms with Gasteiger partial charge in [0, 0.05) is 26.7 Å². The summed E-state index contributed by atoms with van der Waals surface area (Å²) >= 11 is 0. The van der Waals surface area contributed by atoms with Gasteiger partial charge in [-0.2, -0.15) is 0 Å². The number of nitrogens with zero attached hydrogens (tertiary/aromatic N) is 3. The molecule has 1 aromatic heterocycles. The number of rotatable bonds is 10. The monoisotopic (exact) mass is 449 g/mol. The number of ether oxygens (including phenoxy) is 1. The van der Waals surface area contributed by atoms with Gasteiger partial charge < -0.3 is 9.64 Å². The zero-order chi connectivity index (χ0) is 24.0. The first-order chi connectivity index (χ1) is 15.9. The number of methoxy groups -OCH3 is 1. The Kier molecular flexibility index (Phi) is 8.39. The molecule has 1 atom stereocenters. The molecule has 33 heavy (non-hydrogen) atoms. The van der Waals surface area contributed by atoms with Crippen LogP contribution in [0, 0.1) is 13.8 Å². The second-order valence-electron chi connectivity index (χ2n) is 8.63. The zero-order valence-electron chi connectivity index (χ0n) is 20.4. The molecule has 0 saturated heterocycles. The molecule has 3 rings (SSSR count). The third-order valence-electron chi connectivity index (χ3n) is 6.05. The van der Waals surface area contributed by atoms with E-state index >= 15 is 0 Å². The van der Waals surface area contributed by atoms with Crippen molar-refractivity contribution in [2.45, 2.75) is 59.4 Å². The van der Waals surface area contributed by atoms with Crippen LogP contribution in [0.1, 0.15) is 62.5 Å². The number of fused-ring (bicyclic) bond motifs is 1. The van der Waals surface area contributed by atoms with Crippen LogP contribution in [0.25, 0.3) is 16.6 Å². The summed E-state index contributed by atoms with van der Waals surface area (Å²) in [7, 11) is 1.66. The van der Waals surface area contributed by atoms with Gasteiger partial charge in [0.05, 0.1) is 22.6 Å². The Morgan fingerprint density at radius 2 is 1.91 bits per heavy atom. The van der Waals surface area contributed by atoms with Crippen molar-refractivity contribution < 1.29 is 9.53 Å². The molecular weight excluding hydrogens is 414 g/mol. The molecule has 6 nitrogen and oxygen atoms in total. The summed E-state index contributed by atoms with van der Waals surface area (Å²) < 4.78 is 6.92. The van der Waals surface area contributed by atoms with E-state index in [0.717, 1.165) is 36.1 Å². The summed E-state index contributed by atoms with van der Waals surface area (Å²) in [5.74, 6) is 0.656. The van der Waals surface area contributed by atoms with Crippen molar-refractivity contribution in [2.24, 2.45) is 0 Å². The van der Waals surface area contributed by atoms with E-state index in [0.29, 0.717) is 36.3 Å². The number of aromatic nitrogens is 2. The molecule has 3 aromatic rings. The SMILES string of the molecule is CCCCC(=O)N(CCCOC)C(C)c1nc2ccccc2c(=O)n1-c1ccc(C)cc1C. The molecule has 1 unspecified atom stereocenters. The number of aryl methyl sites for hydroxylation is 2. The van der Waals surface area contributed by atoms with Crippen LogP contribution in [0.15, 0.2) is 47.3 Å². The molecule has 0 N–H and O–H groups in total. The molecule has 0 aliphatic rings. The van der Waals surface area contributed by atoms with Crippen LogP contribution in [-0.2, 0) is 9.53 Å². The first-order valence-electron chi connectivity index (χ1n) is 11.8. The van der Waals surface area contributed by atoms with Crippen LogP contribution < -0.4 is 5.56 Å². The highest BCUT2D eigenvalue weighted by atomic mass is 16.5. The Hall–Kier alpha value is -2.99. The van der Waals surface area contributed by atoms with Crippen LogP contribution in [-0.4, -0.2) is 40.6 Å². The minimum atomic E-state index is -0.371. The van der Waals surface area contributed by atoms with Crippen LogP contribution in [0.4, 0.5) is 0 Å². The van der Waals surface area contributed by atoms with E-state index in [1.54, 1.807) is 11.7 Å². The Balaban J connectivity index is 2.19. The normalized spacial score (nSPS) is 12.2. The highest BCUT2D eigenvalue weighted by molar-refractivity contribution is 5.79. The van der Waals surface area contributed by atoms with Gasteiger partial charge in [-0.1, -0.05) is 43.2 Å². The highest BCUT2D eigenvalue weighted by Crippen LogP contribution is 2.25. The van der Waals surface area contributed by atoms with Crippen molar-refractivity contribution in [3.05, 3.63) is 69.8 Å². The molecule has 0 aliphatic heterocycles. The fourth-order valence-electron chi connectivity index (χ4n) is 4.24. The Bertz CT molecular complexity index is 1170. The maximum Gasteiger partial charge on any atom is 0.266 e. The second-order valence-corrected chi connectivity index (χ2v) is 8.63. The molecule has 176 valence electrons. The van der Waals surface area contributed by atoms with Crippen molar-refractivity contribution in [3.63, 3.8) is 0 Å². The van der Waals surface area contributed by atoms with Crippen molar-refractivity contribution in [1.29, 1.82) is 0 Å². The summed E-state index contributed by atoms with van der Waals surface area (Å²) in [6, 6.07) is 13.1. The first kappa shape index (κ1) is 24.6. The quantitative estimate of drug-likeness (QED) is 0.403. The van der Waals surface area contributed by atoms with Crippen LogP contribution >= 0.6 is 0 Å². The summed E-state index contributed by atoms with van der Waals surface area (Å²) in [6.45, 7) is 9.20. The lowest BCUT2D eigenvalue weighted by atomic mass is 10.1. The third kappa shape index (κ3) is 5.50. The van der Waals surface area contributed by atoms with E-state index in [-0.39, 0.29) is 17.5 Å². The van der Waals surface area contributed by atoms with E-state index in [1.807, 2.05) is 62.1 Å². The van der Waals surface area contributed by atoms with Crippen LogP contribution in [0.5, 0.6) is 0 Å². The summed E-state index contributed by atoms with van der Waals surface area (Å²) in [5.41, 5.74) is 3.44. The van der Waals surface area contributed by atoms with Gasteiger partial charge in [0.25, 0.3) is 5.56 Å². The number of unbranched alkanes of at least 4 members (excludes halogenated alkanes) is 1. The molecule has 1 amide bonds. The Morgan fingerprint density at radius 1 is 1.15 bits per heavy atom. The highest BCUT2D eigenvalue weighted by Gasteiger charge is 2.26. The lowest BCUT2D eigenvalue weighted by molar-refractivity contribution is -0.133. The number of benzene rings is 2. The molecule has 0 bridgehead atoms. The van der Waals surface area contributed by atoms with E-state index in [2.05, 4.69) is 13.0 Å². The number of para-hydroxylation sites is 1. The maximum atomic E-state index is 13.7. The van der Waals surface area contributed by atoms with Gasteiger partial charge in [0.15, 0.2) is 0 Å². The van der Waals surface area contributed by atoms with Crippen LogP contribution in [0.3, 0.4) is 0 Å². The van der Waals surface area contributed by atoms with Gasteiger partial charge in [0.1, 0.15) is 5.82 Å². The van der Waals surface area contributed by atoms with Crippen LogP contribution in [0.2, 0.25) is 0 Å². The smallest absolute Gasteiger partial charge is 0.266 e. The Morgan fingerprint density at radius 3 is 2.61 bits per heavy atom. The predicted octanol–water partition coefficient (Wildman–Crippen LogP) is 5.12. The van der Waals surface area contributed by atoms with E-state index in [1.165, 1.54) is 0 Å². The molecule has 0 aliphatic carbocycles. The maximum absolute atomic E-state index is 13.7. The minimum Gasteiger partial charge on any atom is -0.385 e. The molecule has 1 heterocycles. The fourth-order valence-corrected chi connectivity index (χ4v) is 4.24. The van der Waals surface area contributed by atoms with Gasteiger partial charge in [-0.25, -0.2) is 4.98 Å². The summed E-state index contributed by atoms with van der Waals surface area (Å²) in [4.78, 5) is 33.7. The standard InChI is InChI=1S/C27H35N3O3/c1-6-7-13-25(31)29(16-10-17-33-5)21(4)26-28-23-12-9-8-11-22(23)27(32)30(26)24-15-14-19(2)18-20(24)3/h8-9,11-12,14-15,18,21H,6-7,10,13,16-17H2,1-5H3. The molecule has 6 heteroatoms. The molecular formula is C27H35N3O3. The van der Waals surface area contributed by atoms with Gasteiger partial charge in [0.2, 0.25) is 5.91 Å². The van der Waals surface area contributed by atoms with Crippen molar-refractivity contribution in [3.8, 4) is 5.69 Å². The third-order valence-corrected chi connectivity index (χ3v) is 6.05. The van der Waals surface area contributed by atoms with E-state index in [9.17, 15) is 9.59 Å². The topological polar surface area (TPSA) is 64.4 Å². The molecule has 0 radical (unpaired) electrons. The number of hydrogen-bond donors (Lipinski definition) is 0. The Labute approximate surface area is 196 Å². The first-order valence-corrected chi connectivity index (χ1v) is 11.8. The molecule has 2 aromatic carbocycles. The average Bonchev–Trinajstić information content (AvgIpc) is 2.80. The predicted molar refractivity (Wildman–Crippen MR) is 133 cm³/mol. The molecule has 0 saturated carbocycles. The van der Waals surface area contributed by atoms with Crippen molar-refractivity contribution >= 4 is 16.8 Å². The number of amides is 1. The zero-order valence-corrected chi connectivity index (χ0v) is 20.4. The fraction of sp³-hybridized carbons (Fsp3) is 0.444. The van der Waals surface area contributed by atoms with Gasteiger partial charge >= 0.3 is 0 Å². The summed E-state index contributed by atoms with van der Waals surface area (Å²) in [5, 5.41) is 0.566. The molecule has 0 spiro atoms. The van der Waals surface area contributed by atoms with Crippen molar-refractivity contribution in [2.75, 3.05) is 20.3 Å². The number of carbonyl (C=O) groups excluding carboxylic acids is 1. The van der Waals surface area contributed by atoms with E-state index in [4.69, 9.17) is 9.72 Å². The van der Waals surface area contributed by atoms with Gasteiger partial charge in [-0.15, -0.1) is 0 Å². The van der Waals surface area contributed by atoms with E-state index < -0.39 is 0 Å². The number of carbonyl (C=O) groups is 1. The largest absolute Gasteiger partial charge is 0.385 e. The molecule has 0 fully saturated rings.